The minimum atomic E-state index is -0.714. The molecule has 0 bridgehead atoms. The molecule has 0 aliphatic heterocycles. The van der Waals surface area contributed by atoms with E-state index < -0.39 is 17.5 Å². The van der Waals surface area contributed by atoms with Crippen molar-refractivity contribution < 1.29 is 13.9 Å². The van der Waals surface area contributed by atoms with Gasteiger partial charge in [0.05, 0.1) is 10.7 Å². The Hall–Kier alpha value is -1.29. The number of nitrogens with one attached hydrogen (secondary N) is 1. The molecule has 0 unspecified atom stereocenters. The second kappa shape index (κ2) is 4.70. The lowest BCUT2D eigenvalue weighted by atomic mass is 10.2. The van der Waals surface area contributed by atoms with E-state index in [0.29, 0.717) is 0 Å². The zero-order valence-corrected chi connectivity index (χ0v) is 10.1. The van der Waals surface area contributed by atoms with Crippen LogP contribution in [0.5, 0.6) is 0 Å². The number of rotatable bonds is 1. The largest absolute Gasteiger partial charge is 0.444 e. The van der Waals surface area contributed by atoms with Crippen molar-refractivity contribution in [2.75, 3.05) is 5.32 Å². The van der Waals surface area contributed by atoms with Crippen LogP contribution in [-0.2, 0) is 4.74 Å². The lowest BCUT2D eigenvalue weighted by Gasteiger charge is -2.19. The van der Waals surface area contributed by atoms with Gasteiger partial charge in [0.25, 0.3) is 0 Å². The van der Waals surface area contributed by atoms with E-state index in [9.17, 15) is 9.18 Å². The topological polar surface area (TPSA) is 38.3 Å². The molecule has 88 valence electrons. The normalized spacial score (nSPS) is 11.1. The van der Waals surface area contributed by atoms with E-state index in [-0.39, 0.29) is 10.7 Å². The summed E-state index contributed by atoms with van der Waals surface area (Å²) < 4.78 is 18.4. The first-order chi connectivity index (χ1) is 7.29. The van der Waals surface area contributed by atoms with Gasteiger partial charge in [-0.2, -0.15) is 0 Å². The third-order valence-corrected chi connectivity index (χ3v) is 1.88. The van der Waals surface area contributed by atoms with E-state index in [1.54, 1.807) is 20.8 Å². The van der Waals surface area contributed by atoms with Crippen LogP contribution in [0, 0.1) is 5.82 Å². The van der Waals surface area contributed by atoms with E-state index in [4.69, 9.17) is 16.3 Å². The number of benzene rings is 1. The van der Waals surface area contributed by atoms with Crippen molar-refractivity contribution in [3.05, 3.63) is 29.0 Å². The molecule has 0 fully saturated rings. The molecule has 0 saturated carbocycles. The average molecular weight is 246 g/mol. The fourth-order valence-corrected chi connectivity index (χ4v) is 1.19. The molecule has 1 aromatic rings. The van der Waals surface area contributed by atoms with Gasteiger partial charge in [0.15, 0.2) is 5.82 Å². The van der Waals surface area contributed by atoms with Crippen LogP contribution in [0.15, 0.2) is 18.2 Å². The van der Waals surface area contributed by atoms with Crippen molar-refractivity contribution in [3.63, 3.8) is 0 Å². The summed E-state index contributed by atoms with van der Waals surface area (Å²) in [5, 5.41) is 2.24. The first-order valence-electron chi connectivity index (χ1n) is 4.73. The molecular formula is C11H13ClFNO2. The summed E-state index contributed by atoms with van der Waals surface area (Å²) >= 11 is 5.56. The molecule has 0 aromatic heterocycles. The van der Waals surface area contributed by atoms with Gasteiger partial charge >= 0.3 is 6.09 Å². The summed E-state index contributed by atoms with van der Waals surface area (Å²) in [7, 11) is 0. The Bertz CT molecular complexity index is 401. The molecule has 5 heteroatoms. The summed E-state index contributed by atoms with van der Waals surface area (Å²) in [4.78, 5) is 11.3. The van der Waals surface area contributed by atoms with Crippen LogP contribution in [0.3, 0.4) is 0 Å². The highest BCUT2D eigenvalue weighted by molar-refractivity contribution is 6.31. The van der Waals surface area contributed by atoms with Crippen molar-refractivity contribution >= 4 is 23.4 Å². The predicted octanol–water partition coefficient (Wildman–Crippen LogP) is 3.83. The van der Waals surface area contributed by atoms with Gasteiger partial charge in [0.2, 0.25) is 0 Å². The minimum Gasteiger partial charge on any atom is -0.444 e. The highest BCUT2D eigenvalue weighted by atomic mass is 35.5. The first kappa shape index (κ1) is 12.8. The predicted molar refractivity (Wildman–Crippen MR) is 61.3 cm³/mol. The Kier molecular flexibility index (Phi) is 3.75. The Labute approximate surface area is 98.5 Å². The first-order valence-corrected chi connectivity index (χ1v) is 5.11. The molecule has 1 aromatic carbocycles. The van der Waals surface area contributed by atoms with Crippen molar-refractivity contribution in [1.82, 2.24) is 0 Å². The lowest BCUT2D eigenvalue weighted by Crippen LogP contribution is -2.27. The van der Waals surface area contributed by atoms with E-state index in [0.717, 1.165) is 0 Å². The molecule has 16 heavy (non-hydrogen) atoms. The minimum absolute atomic E-state index is 0.00162. The van der Waals surface area contributed by atoms with Gasteiger partial charge in [0.1, 0.15) is 5.60 Å². The Morgan fingerprint density at radius 3 is 2.62 bits per heavy atom. The summed E-state index contributed by atoms with van der Waals surface area (Å²) in [6.45, 7) is 5.17. The molecule has 0 spiro atoms. The monoisotopic (exact) mass is 245 g/mol. The molecule has 1 amide bonds. The number of carbonyl (C=O) groups is 1. The Morgan fingerprint density at radius 2 is 2.06 bits per heavy atom. The van der Waals surface area contributed by atoms with Gasteiger partial charge in [-0.25, -0.2) is 9.18 Å². The SMILES string of the molecule is CC(C)(C)OC(=O)Nc1cccc(Cl)c1F. The fourth-order valence-electron chi connectivity index (χ4n) is 1.01. The van der Waals surface area contributed by atoms with Gasteiger partial charge in [-0.1, -0.05) is 17.7 Å². The molecule has 0 atom stereocenters. The van der Waals surface area contributed by atoms with Gasteiger partial charge in [-0.15, -0.1) is 0 Å². The maximum atomic E-state index is 13.4. The maximum absolute atomic E-state index is 13.4. The quantitative estimate of drug-likeness (QED) is 0.817. The molecule has 0 aliphatic rings. The summed E-state index contributed by atoms with van der Waals surface area (Å²) in [5.74, 6) is -0.671. The molecule has 0 radical (unpaired) electrons. The highest BCUT2D eigenvalue weighted by Crippen LogP contribution is 2.22. The standard InChI is InChI=1S/C11H13ClFNO2/c1-11(2,3)16-10(15)14-8-6-4-5-7(12)9(8)13/h4-6H,1-3H3,(H,14,15). The summed E-state index contributed by atoms with van der Waals surface area (Å²) in [5.41, 5.74) is -0.624. The van der Waals surface area contributed by atoms with Crippen LogP contribution in [0.25, 0.3) is 0 Å². The highest BCUT2D eigenvalue weighted by Gasteiger charge is 2.17. The van der Waals surface area contributed by atoms with Gasteiger partial charge in [-0.3, -0.25) is 5.32 Å². The van der Waals surface area contributed by atoms with Crippen LogP contribution in [-0.4, -0.2) is 11.7 Å². The second-order valence-electron chi connectivity index (χ2n) is 4.23. The van der Waals surface area contributed by atoms with Crippen LogP contribution < -0.4 is 5.32 Å². The van der Waals surface area contributed by atoms with E-state index in [2.05, 4.69) is 5.32 Å². The third kappa shape index (κ3) is 3.70. The molecule has 0 aliphatic carbocycles. The van der Waals surface area contributed by atoms with Crippen LogP contribution in [0.2, 0.25) is 5.02 Å². The summed E-state index contributed by atoms with van der Waals surface area (Å²) in [6, 6.07) is 4.35. The third-order valence-electron chi connectivity index (χ3n) is 1.59. The zero-order chi connectivity index (χ0) is 12.3. The van der Waals surface area contributed by atoms with Gasteiger partial charge in [0, 0.05) is 0 Å². The number of carbonyl (C=O) groups excluding carboxylic acids is 1. The number of halogens is 2. The number of hydrogen-bond acceptors (Lipinski definition) is 2. The second-order valence-corrected chi connectivity index (χ2v) is 4.64. The van der Waals surface area contributed by atoms with Crippen molar-refractivity contribution in [2.45, 2.75) is 26.4 Å². The van der Waals surface area contributed by atoms with Crippen LogP contribution in [0.4, 0.5) is 14.9 Å². The number of anilines is 1. The Morgan fingerprint density at radius 1 is 1.44 bits per heavy atom. The maximum Gasteiger partial charge on any atom is 0.412 e. The molecule has 0 saturated heterocycles. The van der Waals surface area contributed by atoms with E-state index in [1.165, 1.54) is 18.2 Å². The smallest absolute Gasteiger partial charge is 0.412 e. The van der Waals surface area contributed by atoms with Crippen molar-refractivity contribution in [2.24, 2.45) is 0 Å². The van der Waals surface area contributed by atoms with Crippen molar-refractivity contribution in [3.8, 4) is 0 Å². The fraction of sp³-hybridized carbons (Fsp3) is 0.364. The zero-order valence-electron chi connectivity index (χ0n) is 9.30. The van der Waals surface area contributed by atoms with Gasteiger partial charge in [-0.05, 0) is 32.9 Å². The molecular weight excluding hydrogens is 233 g/mol. The number of amides is 1. The number of ether oxygens (including phenoxy) is 1. The summed E-state index contributed by atoms with van der Waals surface area (Å²) in [6.07, 6.45) is -0.714. The lowest BCUT2D eigenvalue weighted by molar-refractivity contribution is 0.0635. The van der Waals surface area contributed by atoms with Gasteiger partial charge < -0.3 is 4.74 Å². The van der Waals surface area contributed by atoms with Crippen LogP contribution >= 0.6 is 11.6 Å². The average Bonchev–Trinajstić information content (AvgIpc) is 2.09. The molecule has 0 heterocycles. The van der Waals surface area contributed by atoms with Crippen LogP contribution in [0.1, 0.15) is 20.8 Å². The van der Waals surface area contributed by atoms with E-state index >= 15 is 0 Å². The molecule has 3 nitrogen and oxygen atoms in total. The number of hydrogen-bond donors (Lipinski definition) is 1. The molecule has 1 N–H and O–H groups in total. The van der Waals surface area contributed by atoms with E-state index in [1.807, 2.05) is 0 Å². The van der Waals surface area contributed by atoms with Crippen molar-refractivity contribution in [1.29, 1.82) is 0 Å². The Balaban J connectivity index is 2.74. The molecule has 1 rings (SSSR count).